The summed E-state index contributed by atoms with van der Waals surface area (Å²) in [6.07, 6.45) is 3.88. The van der Waals surface area contributed by atoms with Crippen LogP contribution in [0.2, 0.25) is 0 Å². The van der Waals surface area contributed by atoms with E-state index >= 15 is 0 Å². The zero-order valence-electron chi connectivity index (χ0n) is 16.4. The van der Waals surface area contributed by atoms with Gasteiger partial charge in [-0.3, -0.25) is 0 Å². The van der Waals surface area contributed by atoms with Gasteiger partial charge < -0.3 is 14.6 Å². The smallest absolute Gasteiger partial charge is 0.346 e. The topological polar surface area (TPSA) is 79.5 Å². The second kappa shape index (κ2) is 9.94. The number of rotatable bonds is 9. The third-order valence-electron chi connectivity index (χ3n) is 4.51. The molecule has 0 atom stereocenters. The molecule has 5 heteroatoms. The predicted molar refractivity (Wildman–Crippen MR) is 117 cm³/mol. The molecule has 3 aromatic rings. The van der Waals surface area contributed by atoms with Gasteiger partial charge in [0.25, 0.3) is 0 Å². The Morgan fingerprint density at radius 2 is 1.70 bits per heavy atom. The molecule has 0 saturated heterocycles. The number of nitrogens with zero attached hydrogens (tertiary/aromatic N) is 1. The van der Waals surface area contributed by atoms with E-state index in [1.807, 2.05) is 60.7 Å². The first-order valence-corrected chi connectivity index (χ1v) is 9.45. The van der Waals surface area contributed by atoms with E-state index in [9.17, 15) is 9.90 Å². The van der Waals surface area contributed by atoms with Crippen LogP contribution < -0.4 is 9.47 Å². The molecular formula is C25H21NO4. The summed E-state index contributed by atoms with van der Waals surface area (Å²) in [4.78, 5) is 11.3. The van der Waals surface area contributed by atoms with Crippen LogP contribution in [0.15, 0.2) is 78.9 Å². The second-order valence-corrected chi connectivity index (χ2v) is 6.47. The molecule has 0 saturated carbocycles. The van der Waals surface area contributed by atoms with Crippen molar-refractivity contribution in [1.29, 1.82) is 5.26 Å². The van der Waals surface area contributed by atoms with E-state index in [1.165, 1.54) is 6.08 Å². The van der Waals surface area contributed by atoms with Gasteiger partial charge in [0, 0.05) is 5.56 Å². The second-order valence-electron chi connectivity index (χ2n) is 6.47. The number of hydrogen-bond donors (Lipinski definition) is 1. The molecule has 150 valence electrons. The van der Waals surface area contributed by atoms with Crippen LogP contribution in [0.25, 0.3) is 16.8 Å². The molecule has 0 aliphatic heterocycles. The van der Waals surface area contributed by atoms with Gasteiger partial charge in [-0.2, -0.15) is 5.26 Å². The van der Waals surface area contributed by atoms with Crippen LogP contribution in [0.1, 0.15) is 11.1 Å². The third-order valence-corrected chi connectivity index (χ3v) is 4.51. The van der Waals surface area contributed by atoms with E-state index in [1.54, 1.807) is 12.1 Å². The van der Waals surface area contributed by atoms with Crippen LogP contribution in [-0.4, -0.2) is 24.3 Å². The Morgan fingerprint density at radius 3 is 2.43 bits per heavy atom. The highest BCUT2D eigenvalue weighted by Gasteiger charge is 2.12. The lowest BCUT2D eigenvalue weighted by Gasteiger charge is -2.14. The van der Waals surface area contributed by atoms with Crippen molar-refractivity contribution in [3.8, 4) is 17.6 Å². The normalized spacial score (nSPS) is 11.0. The lowest BCUT2D eigenvalue weighted by Crippen LogP contribution is -2.10. The number of benzene rings is 3. The first-order chi connectivity index (χ1) is 14.6. The van der Waals surface area contributed by atoms with Gasteiger partial charge in [0.05, 0.1) is 0 Å². The summed E-state index contributed by atoms with van der Waals surface area (Å²) >= 11 is 0. The van der Waals surface area contributed by atoms with Crippen molar-refractivity contribution in [1.82, 2.24) is 0 Å². The molecule has 5 nitrogen and oxygen atoms in total. The van der Waals surface area contributed by atoms with E-state index in [0.717, 1.165) is 22.1 Å². The molecule has 0 spiro atoms. The van der Waals surface area contributed by atoms with E-state index in [-0.39, 0.29) is 12.2 Å². The van der Waals surface area contributed by atoms with Crippen LogP contribution in [-0.2, 0) is 11.2 Å². The van der Waals surface area contributed by atoms with Gasteiger partial charge in [0.2, 0.25) is 0 Å². The Labute approximate surface area is 175 Å². The number of carbonyl (C=O) groups is 1. The fraction of sp³-hybridized carbons (Fsp3) is 0.120. The Balaban J connectivity index is 1.81. The maximum Gasteiger partial charge on any atom is 0.346 e. The number of carboxylic acids is 1. The molecular weight excluding hydrogens is 378 g/mol. The summed E-state index contributed by atoms with van der Waals surface area (Å²) in [5.41, 5.74) is 1.24. The van der Waals surface area contributed by atoms with Crippen LogP contribution >= 0.6 is 0 Å². The summed E-state index contributed by atoms with van der Waals surface area (Å²) in [6, 6.07) is 20.7. The van der Waals surface area contributed by atoms with Crippen molar-refractivity contribution in [2.75, 3.05) is 13.2 Å². The van der Waals surface area contributed by atoms with Gasteiger partial charge in [0.15, 0.2) is 0 Å². The highest BCUT2D eigenvalue weighted by atomic mass is 16.5. The van der Waals surface area contributed by atoms with Crippen molar-refractivity contribution in [3.05, 3.63) is 90.0 Å². The van der Waals surface area contributed by atoms with Gasteiger partial charge in [-0.25, -0.2) is 4.79 Å². The average molecular weight is 399 g/mol. The van der Waals surface area contributed by atoms with Crippen molar-refractivity contribution >= 4 is 22.8 Å². The van der Waals surface area contributed by atoms with Crippen molar-refractivity contribution in [2.24, 2.45) is 0 Å². The maximum atomic E-state index is 11.3. The molecule has 0 fully saturated rings. The number of hydrogen-bond acceptors (Lipinski definition) is 4. The number of nitriles is 1. The fourth-order valence-electron chi connectivity index (χ4n) is 3.11. The lowest BCUT2D eigenvalue weighted by molar-refractivity contribution is -0.132. The van der Waals surface area contributed by atoms with Crippen LogP contribution in [0, 0.1) is 11.3 Å². The molecule has 0 bridgehead atoms. The van der Waals surface area contributed by atoms with E-state index in [4.69, 9.17) is 14.7 Å². The van der Waals surface area contributed by atoms with E-state index < -0.39 is 5.97 Å². The lowest BCUT2D eigenvalue weighted by atomic mass is 10.0. The molecule has 0 aliphatic carbocycles. The molecule has 0 radical (unpaired) electrons. The Hall–Kier alpha value is -4.04. The summed E-state index contributed by atoms with van der Waals surface area (Å²) in [7, 11) is 0. The van der Waals surface area contributed by atoms with Gasteiger partial charge in [-0.1, -0.05) is 54.6 Å². The minimum absolute atomic E-state index is 0.260. The highest BCUT2D eigenvalue weighted by Crippen LogP contribution is 2.30. The molecule has 0 unspecified atom stereocenters. The number of carboxylic acid groups (broad SMARTS) is 1. The number of aliphatic carboxylic acids is 1. The summed E-state index contributed by atoms with van der Waals surface area (Å²) < 4.78 is 11.7. The summed E-state index contributed by atoms with van der Waals surface area (Å²) in [6.45, 7) is 4.33. The van der Waals surface area contributed by atoms with Gasteiger partial charge in [0.1, 0.15) is 36.4 Å². The SMILES string of the molecule is C=CCc1ccccc1OCCOc1ccc2ccccc2c1C=C(C#N)C(=O)O. The van der Waals surface area contributed by atoms with Gasteiger partial charge in [-0.15, -0.1) is 6.58 Å². The molecule has 0 aliphatic rings. The molecule has 1 N–H and O–H groups in total. The summed E-state index contributed by atoms with van der Waals surface area (Å²) in [5, 5.41) is 20.1. The number of para-hydroxylation sites is 1. The number of ether oxygens (including phenoxy) is 2. The third kappa shape index (κ3) is 4.86. The number of allylic oxidation sites excluding steroid dienone is 1. The molecule has 0 aromatic heterocycles. The quantitative estimate of drug-likeness (QED) is 0.237. The monoisotopic (exact) mass is 399 g/mol. The number of fused-ring (bicyclic) bond motifs is 1. The van der Waals surface area contributed by atoms with Crippen molar-refractivity contribution < 1.29 is 19.4 Å². The van der Waals surface area contributed by atoms with Gasteiger partial charge in [-0.05, 0) is 41.0 Å². The fourth-order valence-corrected chi connectivity index (χ4v) is 3.11. The Morgan fingerprint density at radius 1 is 1.00 bits per heavy atom. The first kappa shape index (κ1) is 20.7. The van der Waals surface area contributed by atoms with E-state index in [0.29, 0.717) is 24.3 Å². The molecule has 30 heavy (non-hydrogen) atoms. The largest absolute Gasteiger partial charge is 0.490 e. The van der Waals surface area contributed by atoms with Gasteiger partial charge >= 0.3 is 5.97 Å². The zero-order chi connectivity index (χ0) is 21.3. The maximum absolute atomic E-state index is 11.3. The summed E-state index contributed by atoms with van der Waals surface area (Å²) in [5.74, 6) is -0.0125. The van der Waals surface area contributed by atoms with E-state index in [2.05, 4.69) is 6.58 Å². The molecule has 3 rings (SSSR count). The molecule has 0 amide bonds. The molecule has 3 aromatic carbocycles. The minimum Gasteiger partial charge on any atom is -0.490 e. The Kier molecular flexibility index (Phi) is 6.86. The minimum atomic E-state index is -1.28. The Bertz CT molecular complexity index is 1140. The zero-order valence-corrected chi connectivity index (χ0v) is 16.4. The van der Waals surface area contributed by atoms with Crippen LogP contribution in [0.5, 0.6) is 11.5 Å². The van der Waals surface area contributed by atoms with Crippen molar-refractivity contribution in [3.63, 3.8) is 0 Å². The predicted octanol–water partition coefficient (Wildman–Crippen LogP) is 5.02. The average Bonchev–Trinajstić information content (AvgIpc) is 2.76. The standard InChI is InChI=1S/C25H21NO4/c1-2-7-19-9-4-6-11-23(19)29-14-15-30-24-13-12-18-8-3-5-10-21(18)22(24)16-20(17-26)25(27)28/h2-6,8-13,16H,1,7,14-15H2,(H,27,28). The highest BCUT2D eigenvalue weighted by molar-refractivity contribution is 6.01. The first-order valence-electron chi connectivity index (χ1n) is 9.45. The van der Waals surface area contributed by atoms with Crippen LogP contribution in [0.4, 0.5) is 0 Å². The van der Waals surface area contributed by atoms with Crippen LogP contribution in [0.3, 0.4) is 0 Å². The van der Waals surface area contributed by atoms with Crippen molar-refractivity contribution in [2.45, 2.75) is 6.42 Å². The molecule has 0 heterocycles.